The average molecular weight is 782 g/mol. The quantitative estimate of drug-likeness (QED) is 0.206. The normalized spacial score (nSPS) is 26.1. The molecule has 4 atom stereocenters. The molecule has 4 aliphatic heterocycles. The number of fused-ring (bicyclic) bond motifs is 6. The minimum atomic E-state index is -1.12. The molecule has 6 aromatic rings. The van der Waals surface area contributed by atoms with Gasteiger partial charge in [-0.1, -0.05) is 13.0 Å². The Morgan fingerprint density at radius 1 is 1.04 bits per heavy atom. The Balaban J connectivity index is 1.20. The largest absolute Gasteiger partial charge is 0.461 e. The summed E-state index contributed by atoms with van der Waals surface area (Å²) < 4.78 is 40.5. The molecule has 0 aliphatic carbocycles. The highest BCUT2D eigenvalue weighted by Crippen LogP contribution is 2.46. The van der Waals surface area contributed by atoms with E-state index >= 15 is 4.39 Å². The highest BCUT2D eigenvalue weighted by atomic mass is 19.1. The molecule has 2 aromatic carbocycles. The van der Waals surface area contributed by atoms with Crippen molar-refractivity contribution >= 4 is 49.6 Å². The Morgan fingerprint density at radius 2 is 1.91 bits per heavy atom. The highest BCUT2D eigenvalue weighted by Gasteiger charge is 2.49. The van der Waals surface area contributed by atoms with Crippen LogP contribution in [0.1, 0.15) is 70.6 Å². The van der Waals surface area contributed by atoms with Crippen molar-refractivity contribution < 1.29 is 28.8 Å². The van der Waals surface area contributed by atoms with Gasteiger partial charge < -0.3 is 33.9 Å². The molecule has 4 aromatic heterocycles. The third kappa shape index (κ3) is 5.82. The van der Waals surface area contributed by atoms with E-state index in [0.717, 1.165) is 95.1 Å². The summed E-state index contributed by atoms with van der Waals surface area (Å²) in [5, 5.41) is 35.0. The predicted molar refractivity (Wildman–Crippen MR) is 215 cm³/mol. The first-order valence-electron chi connectivity index (χ1n) is 20.6. The Hall–Kier alpha value is -4.41. The molecule has 57 heavy (non-hydrogen) atoms. The van der Waals surface area contributed by atoms with Crippen molar-refractivity contribution in [2.45, 2.75) is 88.6 Å². The van der Waals surface area contributed by atoms with E-state index in [1.165, 1.54) is 0 Å². The number of aromatic nitrogens is 7. The third-order valence-electron chi connectivity index (χ3n) is 13.2. The van der Waals surface area contributed by atoms with Gasteiger partial charge in [0.2, 0.25) is 0 Å². The fourth-order valence-electron chi connectivity index (χ4n) is 10.5. The molecular formula is C42H52FN9O5. The minimum absolute atomic E-state index is 0.141. The van der Waals surface area contributed by atoms with Crippen LogP contribution in [0.15, 0.2) is 24.4 Å². The van der Waals surface area contributed by atoms with Crippen molar-refractivity contribution in [2.24, 2.45) is 14.1 Å². The van der Waals surface area contributed by atoms with Crippen LogP contribution in [0.5, 0.6) is 6.01 Å². The lowest BCUT2D eigenvalue weighted by molar-refractivity contribution is -0.0366. The van der Waals surface area contributed by atoms with E-state index in [4.69, 9.17) is 34.4 Å². The number of aliphatic hydroxyl groups is 2. The van der Waals surface area contributed by atoms with E-state index in [1.807, 2.05) is 42.6 Å². The van der Waals surface area contributed by atoms with Gasteiger partial charge in [-0.25, -0.2) is 9.07 Å². The van der Waals surface area contributed by atoms with Crippen molar-refractivity contribution in [1.29, 1.82) is 0 Å². The molecule has 0 radical (unpaired) electrons. The predicted octanol–water partition coefficient (Wildman–Crippen LogP) is 5.38. The number of rotatable bonds is 8. The number of aryl methyl sites for hydroxylation is 3. The summed E-state index contributed by atoms with van der Waals surface area (Å²) in [6, 6.07) is 5.92. The van der Waals surface area contributed by atoms with E-state index in [0.29, 0.717) is 62.1 Å². The number of anilines is 1. The van der Waals surface area contributed by atoms with E-state index < -0.39 is 5.60 Å². The van der Waals surface area contributed by atoms with Gasteiger partial charge in [0.05, 0.1) is 60.0 Å². The summed E-state index contributed by atoms with van der Waals surface area (Å²) in [5.41, 5.74) is 4.06. The average Bonchev–Trinajstić information content (AvgIpc) is 4.00. The van der Waals surface area contributed by atoms with E-state index in [-0.39, 0.29) is 42.9 Å². The van der Waals surface area contributed by atoms with Crippen molar-refractivity contribution in [3.63, 3.8) is 0 Å². The van der Waals surface area contributed by atoms with Crippen LogP contribution in [0.3, 0.4) is 0 Å². The number of β-amino-alcohol motifs (C(OH)–C–C–N with tert-alkyl or cyclic N) is 1. The molecule has 4 aliphatic rings. The summed E-state index contributed by atoms with van der Waals surface area (Å²) in [7, 11) is 3.91. The number of hydrogen-bond donors (Lipinski definition) is 2. The van der Waals surface area contributed by atoms with Crippen molar-refractivity contribution in [2.75, 3.05) is 57.6 Å². The zero-order valence-electron chi connectivity index (χ0n) is 33.3. The Morgan fingerprint density at radius 3 is 2.72 bits per heavy atom. The molecule has 10 rings (SSSR count). The first kappa shape index (κ1) is 36.9. The number of ether oxygens (including phenoxy) is 3. The molecule has 0 bridgehead atoms. The minimum Gasteiger partial charge on any atom is -0.461 e. The van der Waals surface area contributed by atoms with Gasteiger partial charge in [0.1, 0.15) is 29.5 Å². The summed E-state index contributed by atoms with van der Waals surface area (Å²) in [6.45, 7) is 7.37. The fourth-order valence-corrected chi connectivity index (χ4v) is 10.5. The van der Waals surface area contributed by atoms with Gasteiger partial charge in [-0.3, -0.25) is 9.58 Å². The second-order valence-electron chi connectivity index (χ2n) is 17.0. The highest BCUT2D eigenvalue weighted by molar-refractivity contribution is 6.20. The van der Waals surface area contributed by atoms with Crippen LogP contribution >= 0.6 is 0 Å². The Kier molecular flexibility index (Phi) is 8.97. The molecular weight excluding hydrogens is 730 g/mol. The van der Waals surface area contributed by atoms with Gasteiger partial charge in [0, 0.05) is 44.2 Å². The molecule has 2 N–H and O–H groups in total. The van der Waals surface area contributed by atoms with Crippen LogP contribution < -0.4 is 9.64 Å². The summed E-state index contributed by atoms with van der Waals surface area (Å²) in [5.74, 6) is 0.378. The maximum Gasteiger partial charge on any atom is 0.320 e. The van der Waals surface area contributed by atoms with E-state index in [1.54, 1.807) is 13.0 Å². The molecule has 1 unspecified atom stereocenters. The Labute approximate surface area is 330 Å². The molecule has 14 nitrogen and oxygen atoms in total. The zero-order chi connectivity index (χ0) is 39.2. The van der Waals surface area contributed by atoms with Gasteiger partial charge in [-0.2, -0.15) is 20.2 Å². The standard InChI is InChI=1S/C42H52FN9O5/c1-5-27-29(43)11-10-25-19-30-28(20-44-52(30)31-9-6-7-17-56-31)33(32(25)27)35-37-36(49(4)47-35)34-38(48(37)3)45-40(46-39(34)50-16-18-55-23-41(2,54)22-50)57-24-42-13-8-15-51(42)26(21-53)12-14-42/h10-11,19-20,26,31,53-54H,5-9,12-18,21-24H2,1-4H3/t26-,31?,41-,42-/m0/s1. The van der Waals surface area contributed by atoms with Crippen LogP contribution in [0.25, 0.3) is 55.0 Å². The lowest BCUT2D eigenvalue weighted by Gasteiger charge is -2.34. The molecule has 302 valence electrons. The number of hydrogen-bond acceptors (Lipinski definition) is 11. The lowest BCUT2D eigenvalue weighted by atomic mass is 9.92. The second kappa shape index (κ2) is 13.9. The number of benzene rings is 2. The SMILES string of the molecule is CCc1c(F)ccc2cc3c(cnn3C3CCCCO3)c(-c3nn(C)c4c5c(N6CCOC[C@@](C)(O)C6)nc(OC[C@@]67CCCN6[C@H](CO)CC7)nc5n(C)c34)c12. The van der Waals surface area contributed by atoms with Crippen LogP contribution in [0.4, 0.5) is 10.2 Å². The summed E-state index contributed by atoms with van der Waals surface area (Å²) in [4.78, 5) is 14.8. The van der Waals surface area contributed by atoms with Crippen molar-refractivity contribution in [1.82, 2.24) is 39.0 Å². The summed E-state index contributed by atoms with van der Waals surface area (Å²) >= 11 is 0. The fraction of sp³-hybridized carbons (Fsp3) is 0.571. The van der Waals surface area contributed by atoms with Crippen LogP contribution in [-0.2, 0) is 30.0 Å². The maximum absolute atomic E-state index is 15.8. The second-order valence-corrected chi connectivity index (χ2v) is 17.0. The topological polar surface area (TPSA) is 141 Å². The molecule has 4 fully saturated rings. The molecule has 0 amide bonds. The van der Waals surface area contributed by atoms with E-state index in [2.05, 4.69) is 20.4 Å². The van der Waals surface area contributed by atoms with Gasteiger partial charge >= 0.3 is 6.01 Å². The van der Waals surface area contributed by atoms with Gasteiger partial charge in [-0.15, -0.1) is 0 Å². The molecule has 15 heteroatoms. The molecule has 0 saturated carbocycles. The molecule has 0 spiro atoms. The van der Waals surface area contributed by atoms with Gasteiger partial charge in [0.25, 0.3) is 0 Å². The van der Waals surface area contributed by atoms with Crippen LogP contribution in [0, 0.1) is 5.82 Å². The molecule has 8 heterocycles. The van der Waals surface area contributed by atoms with Crippen LogP contribution in [0.2, 0.25) is 0 Å². The molecule has 4 saturated heterocycles. The van der Waals surface area contributed by atoms with Crippen molar-refractivity contribution in [3.05, 3.63) is 35.8 Å². The van der Waals surface area contributed by atoms with Gasteiger partial charge in [0.15, 0.2) is 11.9 Å². The lowest BCUT2D eigenvalue weighted by Crippen LogP contribution is -2.47. The first-order chi connectivity index (χ1) is 27.6. The maximum atomic E-state index is 15.8. The van der Waals surface area contributed by atoms with Gasteiger partial charge in [-0.05, 0) is 93.3 Å². The monoisotopic (exact) mass is 781 g/mol. The zero-order valence-corrected chi connectivity index (χ0v) is 33.3. The smallest absolute Gasteiger partial charge is 0.320 e. The third-order valence-corrected chi connectivity index (χ3v) is 13.2. The first-order valence-corrected chi connectivity index (χ1v) is 20.6. The number of nitrogens with zero attached hydrogens (tertiary/aromatic N) is 9. The number of halogens is 1. The number of aliphatic hydroxyl groups excluding tert-OH is 1. The van der Waals surface area contributed by atoms with Crippen molar-refractivity contribution in [3.8, 4) is 17.3 Å². The van der Waals surface area contributed by atoms with E-state index in [9.17, 15) is 10.2 Å². The Bertz CT molecular complexity index is 2520. The van der Waals surface area contributed by atoms with Crippen LogP contribution in [-0.4, -0.2) is 119 Å². The summed E-state index contributed by atoms with van der Waals surface area (Å²) in [6.07, 6.45) is 9.09.